The maximum Gasteiger partial charge on any atom is 0.137 e. The summed E-state index contributed by atoms with van der Waals surface area (Å²) in [6.07, 6.45) is 0. The van der Waals surface area contributed by atoms with Crippen molar-refractivity contribution in [2.24, 2.45) is 0 Å². The first kappa shape index (κ1) is 26.4. The monoisotopic (exact) mass is 601 g/mol. The zero-order valence-corrected chi connectivity index (χ0v) is 26.3. The third-order valence-electron chi connectivity index (χ3n) is 10.4. The smallest absolute Gasteiger partial charge is 0.137 e. The van der Waals surface area contributed by atoms with Crippen molar-refractivity contribution in [2.45, 2.75) is 19.3 Å². The molecule has 9 aromatic rings. The molecule has 0 bridgehead atoms. The van der Waals surface area contributed by atoms with Gasteiger partial charge in [-0.05, 0) is 85.4 Å². The second-order valence-electron chi connectivity index (χ2n) is 13.3. The molecular weight excluding hydrogens is 571 g/mol. The zero-order chi connectivity index (χ0) is 31.3. The molecule has 0 amide bonds. The highest BCUT2D eigenvalue weighted by atomic mass is 16.3. The quantitative estimate of drug-likeness (QED) is 0.187. The molecule has 222 valence electrons. The summed E-state index contributed by atoms with van der Waals surface area (Å²) in [5.41, 5.74) is 10.4. The number of benzene rings is 8. The molecule has 0 spiro atoms. The minimum Gasteiger partial charge on any atom is -0.456 e. The molecule has 8 aromatic carbocycles. The number of rotatable bonds is 3. The number of anilines is 3. The van der Waals surface area contributed by atoms with Gasteiger partial charge in [0.2, 0.25) is 0 Å². The normalized spacial score (nSPS) is 13.5. The first-order chi connectivity index (χ1) is 23.1. The Morgan fingerprint density at radius 3 is 1.77 bits per heavy atom. The van der Waals surface area contributed by atoms with Crippen molar-refractivity contribution in [1.29, 1.82) is 0 Å². The molecule has 1 heterocycles. The molecule has 2 nitrogen and oxygen atoms in total. The van der Waals surface area contributed by atoms with Crippen LogP contribution in [0.15, 0.2) is 156 Å². The van der Waals surface area contributed by atoms with Crippen molar-refractivity contribution >= 4 is 71.3 Å². The predicted octanol–water partition coefficient (Wildman–Crippen LogP) is 12.8. The van der Waals surface area contributed by atoms with E-state index in [1.165, 1.54) is 60.3 Å². The summed E-state index contributed by atoms with van der Waals surface area (Å²) in [5.74, 6) is 0. The highest BCUT2D eigenvalue weighted by molar-refractivity contribution is 6.26. The van der Waals surface area contributed by atoms with Gasteiger partial charge in [0.1, 0.15) is 11.2 Å². The Morgan fingerprint density at radius 1 is 0.447 bits per heavy atom. The van der Waals surface area contributed by atoms with Crippen molar-refractivity contribution < 1.29 is 4.42 Å². The largest absolute Gasteiger partial charge is 0.456 e. The van der Waals surface area contributed by atoms with Crippen LogP contribution in [-0.2, 0) is 5.41 Å². The Hall–Kier alpha value is -5.86. The molecule has 47 heavy (non-hydrogen) atoms. The standard InChI is InChI=1S/C45H31NO/c1-45(2)37-19-9-7-17-34(37)43-38(45)20-11-21-39(43)46(40-22-12-24-42-44(40)35-18-8-10-23-41(35)47-42)28-25-26-33-31-15-4-3-13-29(31)30-14-5-6-16-32(30)36(33)27-28/h3-27H,1-2H3. The van der Waals surface area contributed by atoms with E-state index < -0.39 is 0 Å². The topological polar surface area (TPSA) is 16.4 Å². The van der Waals surface area contributed by atoms with E-state index >= 15 is 0 Å². The number of nitrogens with zero attached hydrogens (tertiary/aromatic N) is 1. The summed E-state index contributed by atoms with van der Waals surface area (Å²) in [7, 11) is 0. The van der Waals surface area contributed by atoms with E-state index in [0.29, 0.717) is 0 Å². The average Bonchev–Trinajstić information content (AvgIpc) is 3.62. The van der Waals surface area contributed by atoms with Crippen molar-refractivity contribution in [1.82, 2.24) is 0 Å². The maximum absolute atomic E-state index is 6.45. The number of fused-ring (bicyclic) bond motifs is 12. The highest BCUT2D eigenvalue weighted by Crippen LogP contribution is 2.55. The van der Waals surface area contributed by atoms with E-state index in [0.717, 1.165) is 33.3 Å². The Labute approximate surface area is 273 Å². The van der Waals surface area contributed by atoms with Gasteiger partial charge in [-0.3, -0.25) is 0 Å². The molecule has 0 N–H and O–H groups in total. The van der Waals surface area contributed by atoms with E-state index in [1.54, 1.807) is 0 Å². The lowest BCUT2D eigenvalue weighted by atomic mass is 9.82. The molecular formula is C45H31NO. The van der Waals surface area contributed by atoms with Gasteiger partial charge in [0.05, 0.1) is 16.8 Å². The zero-order valence-electron chi connectivity index (χ0n) is 26.3. The van der Waals surface area contributed by atoms with Crippen molar-refractivity contribution in [2.75, 3.05) is 4.90 Å². The van der Waals surface area contributed by atoms with E-state index in [4.69, 9.17) is 4.42 Å². The van der Waals surface area contributed by atoms with Gasteiger partial charge >= 0.3 is 0 Å². The molecule has 2 heteroatoms. The minimum absolute atomic E-state index is 0.111. The van der Waals surface area contributed by atoms with Gasteiger partial charge in [-0.15, -0.1) is 0 Å². The van der Waals surface area contributed by atoms with Crippen LogP contribution < -0.4 is 4.90 Å². The molecule has 0 saturated carbocycles. The van der Waals surface area contributed by atoms with Crippen LogP contribution in [0.1, 0.15) is 25.0 Å². The predicted molar refractivity (Wildman–Crippen MR) is 198 cm³/mol. The summed E-state index contributed by atoms with van der Waals surface area (Å²) in [5, 5.41) is 9.86. The number of hydrogen-bond donors (Lipinski definition) is 0. The van der Waals surface area contributed by atoms with Gasteiger partial charge < -0.3 is 9.32 Å². The lowest BCUT2D eigenvalue weighted by Crippen LogP contribution is -2.16. The fourth-order valence-electron chi connectivity index (χ4n) is 8.31. The van der Waals surface area contributed by atoms with Crippen LogP contribution >= 0.6 is 0 Å². The fourth-order valence-corrected chi connectivity index (χ4v) is 8.31. The van der Waals surface area contributed by atoms with Crippen molar-refractivity contribution in [3.8, 4) is 11.1 Å². The summed E-state index contributed by atoms with van der Waals surface area (Å²) >= 11 is 0. The summed E-state index contributed by atoms with van der Waals surface area (Å²) in [4.78, 5) is 2.48. The van der Waals surface area contributed by atoms with Gasteiger partial charge in [0.15, 0.2) is 0 Å². The van der Waals surface area contributed by atoms with Gasteiger partial charge in [-0.25, -0.2) is 0 Å². The lowest BCUT2D eigenvalue weighted by Gasteiger charge is -2.30. The Bertz CT molecular complexity index is 2690. The molecule has 0 saturated heterocycles. The summed E-state index contributed by atoms with van der Waals surface area (Å²) < 4.78 is 6.45. The second-order valence-corrected chi connectivity index (χ2v) is 13.3. The van der Waals surface area contributed by atoms with Crippen LogP contribution in [0.3, 0.4) is 0 Å². The van der Waals surface area contributed by atoms with Crippen LogP contribution in [-0.4, -0.2) is 0 Å². The molecule has 0 aliphatic heterocycles. The lowest BCUT2D eigenvalue weighted by molar-refractivity contribution is 0.660. The van der Waals surface area contributed by atoms with Crippen molar-refractivity contribution in [3.63, 3.8) is 0 Å². The van der Waals surface area contributed by atoms with Crippen LogP contribution in [0.5, 0.6) is 0 Å². The van der Waals surface area contributed by atoms with E-state index in [9.17, 15) is 0 Å². The maximum atomic E-state index is 6.45. The van der Waals surface area contributed by atoms with Gasteiger partial charge in [-0.2, -0.15) is 0 Å². The molecule has 0 fully saturated rings. The SMILES string of the molecule is CC1(C)c2ccccc2-c2c(N(c3ccc4c5ccccc5c5ccccc5c4c3)c3cccc4oc5ccccc5c34)cccc21. The van der Waals surface area contributed by atoms with Crippen molar-refractivity contribution in [3.05, 3.63) is 163 Å². The van der Waals surface area contributed by atoms with E-state index in [2.05, 4.69) is 164 Å². The van der Waals surface area contributed by atoms with Gasteiger partial charge in [-0.1, -0.05) is 129 Å². The minimum atomic E-state index is -0.111. The molecule has 0 radical (unpaired) electrons. The highest BCUT2D eigenvalue weighted by Gasteiger charge is 2.38. The summed E-state index contributed by atoms with van der Waals surface area (Å²) in [6.45, 7) is 4.70. The molecule has 10 rings (SSSR count). The Balaban J connectivity index is 1.35. The number of hydrogen-bond acceptors (Lipinski definition) is 2. The molecule has 0 unspecified atom stereocenters. The van der Waals surface area contributed by atoms with Crippen LogP contribution in [0.25, 0.3) is 65.4 Å². The first-order valence-corrected chi connectivity index (χ1v) is 16.4. The van der Waals surface area contributed by atoms with E-state index in [-0.39, 0.29) is 5.41 Å². The average molecular weight is 602 g/mol. The first-order valence-electron chi connectivity index (χ1n) is 16.4. The molecule has 0 atom stereocenters. The van der Waals surface area contributed by atoms with Crippen LogP contribution in [0, 0.1) is 0 Å². The number of para-hydroxylation sites is 1. The molecule has 1 aliphatic rings. The van der Waals surface area contributed by atoms with Gasteiger partial charge in [0, 0.05) is 22.1 Å². The van der Waals surface area contributed by atoms with Crippen LogP contribution in [0.4, 0.5) is 17.1 Å². The third kappa shape index (κ3) is 3.61. The third-order valence-corrected chi connectivity index (χ3v) is 10.4. The molecule has 1 aromatic heterocycles. The van der Waals surface area contributed by atoms with Crippen LogP contribution in [0.2, 0.25) is 0 Å². The summed E-state index contributed by atoms with van der Waals surface area (Å²) in [6, 6.07) is 55.2. The fraction of sp³-hybridized carbons (Fsp3) is 0.0667. The Kier molecular flexibility index (Phi) is 5.37. The Morgan fingerprint density at radius 2 is 1.00 bits per heavy atom. The van der Waals surface area contributed by atoms with Gasteiger partial charge in [0.25, 0.3) is 0 Å². The second kappa shape index (κ2) is 9.57. The number of furan rings is 1. The molecule has 1 aliphatic carbocycles. The van der Waals surface area contributed by atoms with E-state index in [1.807, 2.05) is 6.07 Å².